The van der Waals surface area contributed by atoms with Crippen LogP contribution in [-0.4, -0.2) is 52.9 Å². The Kier molecular flexibility index (Phi) is 6.75. The second-order valence-electron chi connectivity index (χ2n) is 8.79. The zero-order valence-electron chi connectivity index (χ0n) is 18.7. The number of aromatic nitrogens is 3. The molecule has 3 aromatic rings. The van der Waals surface area contributed by atoms with E-state index in [1.54, 1.807) is 40.3 Å². The Morgan fingerprint density at radius 1 is 1.12 bits per heavy atom. The van der Waals surface area contributed by atoms with E-state index >= 15 is 0 Å². The molecule has 11 heteroatoms. The molecule has 3 atom stereocenters. The third-order valence-corrected chi connectivity index (χ3v) is 9.91. The van der Waals surface area contributed by atoms with Crippen LogP contribution in [0.25, 0.3) is 11.4 Å². The number of pyridine rings is 1. The van der Waals surface area contributed by atoms with Crippen LogP contribution in [0.15, 0.2) is 50.8 Å². The highest BCUT2D eigenvalue weighted by molar-refractivity contribution is 7.91. The van der Waals surface area contributed by atoms with E-state index < -0.39 is 22.0 Å². The molecule has 0 bridgehead atoms. The van der Waals surface area contributed by atoms with Gasteiger partial charge in [0.1, 0.15) is 4.21 Å². The number of hydrogen-bond donors (Lipinski definition) is 1. The lowest BCUT2D eigenvalue weighted by molar-refractivity contribution is -0.125. The fourth-order valence-electron chi connectivity index (χ4n) is 4.91. The Morgan fingerprint density at radius 2 is 2.00 bits per heavy atom. The molecule has 2 fully saturated rings. The topological polar surface area (TPSA) is 118 Å². The van der Waals surface area contributed by atoms with Gasteiger partial charge in [0.2, 0.25) is 17.6 Å². The molecule has 34 heavy (non-hydrogen) atoms. The maximum atomic E-state index is 13.6. The standard InChI is InChI=1S/C23H27N5O4S2/c29-22-18-13-17(23-26-21(27-32-23)16-7-5-9-24-15-16)14-19(18)28(11-4-2-1-3-10-25-22)34(30,31)20-8-6-12-33-20/h5-9,12,15,17-19H,1-4,10-11,13-14H2,(H,25,29)/t17-,18-,19+/m1/s1. The molecule has 2 aliphatic rings. The van der Waals surface area contributed by atoms with E-state index in [0.717, 1.165) is 31.2 Å². The zero-order valence-corrected chi connectivity index (χ0v) is 20.3. The zero-order chi connectivity index (χ0) is 23.5. The van der Waals surface area contributed by atoms with E-state index in [9.17, 15) is 13.2 Å². The summed E-state index contributed by atoms with van der Waals surface area (Å²) in [7, 11) is -3.72. The van der Waals surface area contributed by atoms with Gasteiger partial charge in [-0.1, -0.05) is 24.1 Å². The van der Waals surface area contributed by atoms with Crippen molar-refractivity contribution in [3.05, 3.63) is 47.9 Å². The van der Waals surface area contributed by atoms with Crippen molar-refractivity contribution in [3.8, 4) is 11.4 Å². The second-order valence-corrected chi connectivity index (χ2v) is 11.9. The smallest absolute Gasteiger partial charge is 0.252 e. The number of fused-ring (bicyclic) bond motifs is 1. The summed E-state index contributed by atoms with van der Waals surface area (Å²) in [5, 5.41) is 8.89. The molecule has 1 aliphatic heterocycles. The highest BCUT2D eigenvalue weighted by Crippen LogP contribution is 2.43. The summed E-state index contributed by atoms with van der Waals surface area (Å²) < 4.78 is 34.7. The molecular weight excluding hydrogens is 474 g/mol. The van der Waals surface area contributed by atoms with Gasteiger partial charge in [-0.05, 0) is 49.3 Å². The first kappa shape index (κ1) is 23.1. The van der Waals surface area contributed by atoms with Crippen molar-refractivity contribution >= 4 is 27.3 Å². The molecule has 0 radical (unpaired) electrons. The number of sulfonamides is 1. The normalized spacial score (nSPS) is 24.8. The fraction of sp³-hybridized carbons (Fsp3) is 0.478. The third kappa shape index (κ3) is 4.64. The predicted octanol–water partition coefficient (Wildman–Crippen LogP) is 3.44. The number of hydrogen-bond acceptors (Lipinski definition) is 8. The first-order valence-corrected chi connectivity index (χ1v) is 13.9. The first-order valence-electron chi connectivity index (χ1n) is 11.6. The van der Waals surface area contributed by atoms with Crippen LogP contribution in [0.4, 0.5) is 0 Å². The molecule has 5 rings (SSSR count). The number of nitrogens with one attached hydrogen (secondary N) is 1. The van der Waals surface area contributed by atoms with Crippen LogP contribution < -0.4 is 5.32 Å². The van der Waals surface area contributed by atoms with Gasteiger partial charge in [-0.3, -0.25) is 9.78 Å². The molecule has 1 amide bonds. The van der Waals surface area contributed by atoms with Gasteiger partial charge in [0.15, 0.2) is 0 Å². The maximum absolute atomic E-state index is 13.6. The molecule has 9 nitrogen and oxygen atoms in total. The molecule has 4 heterocycles. The summed E-state index contributed by atoms with van der Waals surface area (Å²) in [4.78, 5) is 21.8. The van der Waals surface area contributed by atoms with Gasteiger partial charge in [0.25, 0.3) is 10.0 Å². The van der Waals surface area contributed by atoms with Crippen LogP contribution in [0.2, 0.25) is 0 Å². The van der Waals surface area contributed by atoms with E-state index in [2.05, 4.69) is 20.4 Å². The van der Waals surface area contributed by atoms with Gasteiger partial charge < -0.3 is 9.84 Å². The van der Waals surface area contributed by atoms with Crippen molar-refractivity contribution in [1.29, 1.82) is 0 Å². The average molecular weight is 502 g/mol. The lowest BCUT2D eigenvalue weighted by Crippen LogP contribution is -2.47. The van der Waals surface area contributed by atoms with Crippen molar-refractivity contribution < 1.29 is 17.7 Å². The van der Waals surface area contributed by atoms with Crippen molar-refractivity contribution in [3.63, 3.8) is 0 Å². The molecule has 3 aromatic heterocycles. The van der Waals surface area contributed by atoms with Crippen LogP contribution in [0.1, 0.15) is 50.3 Å². The highest BCUT2D eigenvalue weighted by Gasteiger charge is 2.47. The number of carbonyl (C=O) groups is 1. The quantitative estimate of drug-likeness (QED) is 0.582. The summed E-state index contributed by atoms with van der Waals surface area (Å²) in [6, 6.07) is 6.55. The number of rotatable bonds is 4. The molecule has 1 N–H and O–H groups in total. The summed E-state index contributed by atoms with van der Waals surface area (Å²) in [6.45, 7) is 1.00. The Morgan fingerprint density at radius 3 is 2.79 bits per heavy atom. The molecule has 180 valence electrons. The van der Waals surface area contributed by atoms with Crippen molar-refractivity contribution in [1.82, 2.24) is 24.7 Å². The lowest BCUT2D eigenvalue weighted by atomic mass is 10.0. The minimum atomic E-state index is -3.72. The van der Waals surface area contributed by atoms with Crippen molar-refractivity contribution in [2.45, 2.75) is 54.7 Å². The van der Waals surface area contributed by atoms with Gasteiger partial charge in [0.05, 0.1) is 5.92 Å². The largest absolute Gasteiger partial charge is 0.356 e. The fourth-order valence-corrected chi connectivity index (χ4v) is 7.74. The number of nitrogens with zero attached hydrogens (tertiary/aromatic N) is 4. The van der Waals surface area contributed by atoms with E-state index in [0.29, 0.717) is 41.9 Å². The number of thiophene rings is 1. The Labute approximate surface area is 202 Å². The monoisotopic (exact) mass is 501 g/mol. The van der Waals surface area contributed by atoms with Gasteiger partial charge in [-0.2, -0.15) is 9.29 Å². The van der Waals surface area contributed by atoms with E-state index in [4.69, 9.17) is 4.52 Å². The molecule has 0 unspecified atom stereocenters. The summed E-state index contributed by atoms with van der Waals surface area (Å²) in [6.07, 6.45) is 7.79. The highest BCUT2D eigenvalue weighted by atomic mass is 32.2. The molecule has 0 spiro atoms. The van der Waals surface area contributed by atoms with E-state index in [1.807, 2.05) is 6.07 Å². The Balaban J connectivity index is 1.47. The van der Waals surface area contributed by atoms with Gasteiger partial charge >= 0.3 is 0 Å². The molecule has 1 aliphatic carbocycles. The second kappa shape index (κ2) is 9.93. The van der Waals surface area contributed by atoms with Crippen molar-refractivity contribution in [2.75, 3.05) is 13.1 Å². The molecule has 1 saturated heterocycles. The Bertz CT molecular complexity index is 1210. The number of carbonyl (C=O) groups excluding carboxylic acids is 1. The van der Waals surface area contributed by atoms with Crippen LogP contribution in [-0.2, 0) is 14.8 Å². The molecule has 0 aromatic carbocycles. The van der Waals surface area contributed by atoms with Gasteiger partial charge in [-0.25, -0.2) is 8.42 Å². The van der Waals surface area contributed by atoms with Crippen LogP contribution in [0.3, 0.4) is 0 Å². The summed E-state index contributed by atoms with van der Waals surface area (Å²) in [5.74, 6) is 0.0757. The Hall–Kier alpha value is -2.63. The van der Waals surface area contributed by atoms with Crippen molar-refractivity contribution in [2.24, 2.45) is 5.92 Å². The van der Waals surface area contributed by atoms with Crippen LogP contribution in [0.5, 0.6) is 0 Å². The SMILES string of the molecule is O=C1NCCCCCCN(S(=O)(=O)c2cccs2)[C@H]2C[C@H](c3nc(-c4cccnc4)no3)C[C@@H]12. The molecule has 1 saturated carbocycles. The minimum Gasteiger partial charge on any atom is -0.356 e. The van der Waals surface area contributed by atoms with E-state index in [1.165, 1.54) is 11.3 Å². The first-order chi connectivity index (χ1) is 16.5. The maximum Gasteiger partial charge on any atom is 0.252 e. The molecular formula is C23H27N5O4S2. The summed E-state index contributed by atoms with van der Waals surface area (Å²) in [5.41, 5.74) is 0.741. The number of amides is 1. The average Bonchev–Trinajstić information content (AvgIpc) is 3.61. The summed E-state index contributed by atoms with van der Waals surface area (Å²) >= 11 is 1.21. The lowest BCUT2D eigenvalue weighted by Gasteiger charge is -2.31. The van der Waals surface area contributed by atoms with Crippen LogP contribution in [0, 0.1) is 5.92 Å². The van der Waals surface area contributed by atoms with Crippen LogP contribution >= 0.6 is 11.3 Å². The van der Waals surface area contributed by atoms with E-state index in [-0.39, 0.29) is 11.8 Å². The van der Waals surface area contributed by atoms with Gasteiger partial charge in [0, 0.05) is 43.0 Å². The van der Waals surface area contributed by atoms with Gasteiger partial charge in [-0.15, -0.1) is 11.3 Å². The predicted molar refractivity (Wildman–Crippen MR) is 126 cm³/mol. The minimum absolute atomic E-state index is 0.104. The third-order valence-electron chi connectivity index (χ3n) is 6.61.